The molecule has 5 heteroatoms. The van der Waals surface area contributed by atoms with Crippen molar-refractivity contribution in [1.29, 1.82) is 0 Å². The van der Waals surface area contributed by atoms with Crippen molar-refractivity contribution in [2.75, 3.05) is 5.48 Å². The van der Waals surface area contributed by atoms with Crippen molar-refractivity contribution in [3.05, 3.63) is 18.2 Å². The average molecular weight is 150 g/mol. The summed E-state index contributed by atoms with van der Waals surface area (Å²) in [5.41, 5.74) is 3.95. The van der Waals surface area contributed by atoms with Crippen LogP contribution in [0.3, 0.4) is 0 Å². The second-order valence-corrected chi connectivity index (χ2v) is 2.11. The smallest absolute Gasteiger partial charge is 0.138 e. The molecular weight excluding hydrogens is 144 g/mol. The lowest BCUT2D eigenvalue weighted by Gasteiger charge is -1.95. The van der Waals surface area contributed by atoms with E-state index in [2.05, 4.69) is 15.4 Å². The minimum absolute atomic E-state index is 0.552. The van der Waals surface area contributed by atoms with Crippen LogP contribution in [0, 0.1) is 0 Å². The van der Waals surface area contributed by atoms with E-state index >= 15 is 0 Å². The molecule has 1 heterocycles. The van der Waals surface area contributed by atoms with Crippen LogP contribution in [0.1, 0.15) is 0 Å². The highest BCUT2D eigenvalue weighted by atomic mass is 16.5. The van der Waals surface area contributed by atoms with Crippen LogP contribution in [-0.2, 0) is 0 Å². The van der Waals surface area contributed by atoms with Crippen LogP contribution in [0.25, 0.3) is 11.0 Å². The van der Waals surface area contributed by atoms with E-state index in [0.29, 0.717) is 11.2 Å². The number of para-hydroxylation sites is 1. The Morgan fingerprint density at radius 3 is 3.09 bits per heavy atom. The average Bonchev–Trinajstić information content (AvgIpc) is 2.50. The normalized spacial score (nSPS) is 10.3. The van der Waals surface area contributed by atoms with Gasteiger partial charge in [-0.2, -0.15) is 15.4 Å². The summed E-state index contributed by atoms with van der Waals surface area (Å²) in [4.78, 5) is 0. The number of nitrogens with one attached hydrogen (secondary N) is 2. The number of rotatable bonds is 1. The Morgan fingerprint density at radius 1 is 1.36 bits per heavy atom. The Labute approximate surface area is 62.0 Å². The minimum atomic E-state index is 0.552. The molecule has 2 aromatic rings. The highest BCUT2D eigenvalue weighted by Gasteiger charge is 2.01. The topological polar surface area (TPSA) is 73.8 Å². The predicted octanol–water partition coefficient (Wildman–Crippen LogP) is 0.759. The van der Waals surface area contributed by atoms with Gasteiger partial charge in [0.1, 0.15) is 11.0 Å². The Kier molecular flexibility index (Phi) is 1.23. The van der Waals surface area contributed by atoms with Crippen LogP contribution in [0.2, 0.25) is 0 Å². The number of hydrogen-bond donors (Lipinski definition) is 3. The van der Waals surface area contributed by atoms with E-state index in [-0.39, 0.29) is 0 Å². The molecule has 0 atom stereocenters. The molecule has 0 aliphatic carbocycles. The van der Waals surface area contributed by atoms with Gasteiger partial charge in [0.15, 0.2) is 0 Å². The molecule has 0 aliphatic rings. The molecule has 0 bridgehead atoms. The Balaban J connectivity index is 2.79. The van der Waals surface area contributed by atoms with Gasteiger partial charge in [-0.15, -0.1) is 0 Å². The van der Waals surface area contributed by atoms with Crippen LogP contribution in [0.15, 0.2) is 18.2 Å². The first-order valence-corrected chi connectivity index (χ1v) is 3.11. The van der Waals surface area contributed by atoms with Crippen molar-refractivity contribution in [3.8, 4) is 0 Å². The second kappa shape index (κ2) is 2.21. The summed E-state index contributed by atoms with van der Waals surface area (Å²) >= 11 is 0. The first-order valence-electron chi connectivity index (χ1n) is 3.11. The van der Waals surface area contributed by atoms with E-state index in [1.165, 1.54) is 0 Å². The molecule has 1 aromatic carbocycles. The van der Waals surface area contributed by atoms with Crippen LogP contribution >= 0.6 is 0 Å². The molecular formula is C6H6N4O. The summed E-state index contributed by atoms with van der Waals surface area (Å²) in [6, 6.07) is 5.30. The predicted molar refractivity (Wildman–Crippen MR) is 39.3 cm³/mol. The number of anilines is 1. The Morgan fingerprint density at radius 2 is 2.27 bits per heavy atom. The molecule has 0 aliphatic heterocycles. The molecule has 0 spiro atoms. The number of aromatic nitrogens is 3. The van der Waals surface area contributed by atoms with E-state index < -0.39 is 0 Å². The standard InChI is InChI=1S/C6H6N4O/c11-9-5-3-1-2-4-6(5)8-10-7-4/h1-3,9,11H,(H,7,8,10). The van der Waals surface area contributed by atoms with Crippen molar-refractivity contribution in [2.24, 2.45) is 0 Å². The molecule has 56 valence electrons. The van der Waals surface area contributed by atoms with Gasteiger partial charge in [-0.25, -0.2) is 0 Å². The third kappa shape index (κ3) is 0.821. The van der Waals surface area contributed by atoms with E-state index in [0.717, 1.165) is 5.52 Å². The van der Waals surface area contributed by atoms with Gasteiger partial charge in [-0.3, -0.25) is 10.7 Å². The molecule has 0 fully saturated rings. The summed E-state index contributed by atoms with van der Waals surface area (Å²) in [5, 5.41) is 18.8. The van der Waals surface area contributed by atoms with Crippen molar-refractivity contribution in [3.63, 3.8) is 0 Å². The van der Waals surface area contributed by atoms with Gasteiger partial charge < -0.3 is 0 Å². The molecule has 0 unspecified atom stereocenters. The van der Waals surface area contributed by atoms with E-state index in [9.17, 15) is 0 Å². The summed E-state index contributed by atoms with van der Waals surface area (Å²) in [6.07, 6.45) is 0. The van der Waals surface area contributed by atoms with Gasteiger partial charge >= 0.3 is 0 Å². The van der Waals surface area contributed by atoms with Crippen molar-refractivity contribution >= 4 is 16.7 Å². The fourth-order valence-corrected chi connectivity index (χ4v) is 0.958. The Hall–Kier alpha value is -1.62. The number of aromatic amines is 1. The van der Waals surface area contributed by atoms with Crippen LogP contribution in [-0.4, -0.2) is 20.6 Å². The highest BCUT2D eigenvalue weighted by molar-refractivity contribution is 5.86. The lowest BCUT2D eigenvalue weighted by molar-refractivity contribution is 0.389. The fourth-order valence-electron chi connectivity index (χ4n) is 0.958. The van der Waals surface area contributed by atoms with Crippen molar-refractivity contribution in [2.45, 2.75) is 0 Å². The maximum atomic E-state index is 8.62. The minimum Gasteiger partial charge on any atom is -0.291 e. The van der Waals surface area contributed by atoms with Crippen LogP contribution in [0.5, 0.6) is 0 Å². The van der Waals surface area contributed by atoms with Crippen LogP contribution < -0.4 is 5.48 Å². The van der Waals surface area contributed by atoms with Gasteiger partial charge in [0.25, 0.3) is 0 Å². The number of hydrogen-bond acceptors (Lipinski definition) is 4. The summed E-state index contributed by atoms with van der Waals surface area (Å²) in [5.74, 6) is 0. The number of nitrogens with zero attached hydrogens (tertiary/aromatic N) is 2. The number of benzene rings is 1. The zero-order valence-electron chi connectivity index (χ0n) is 5.57. The van der Waals surface area contributed by atoms with Crippen molar-refractivity contribution < 1.29 is 5.21 Å². The molecule has 2 rings (SSSR count). The molecule has 0 saturated heterocycles. The third-order valence-corrected chi connectivity index (χ3v) is 1.47. The summed E-state index contributed by atoms with van der Waals surface area (Å²) in [7, 11) is 0. The quantitative estimate of drug-likeness (QED) is 0.524. The van der Waals surface area contributed by atoms with Crippen LogP contribution in [0.4, 0.5) is 5.69 Å². The Bertz CT molecular complexity index is 369. The summed E-state index contributed by atoms with van der Waals surface area (Å²) in [6.45, 7) is 0. The zero-order chi connectivity index (χ0) is 7.68. The molecule has 5 nitrogen and oxygen atoms in total. The van der Waals surface area contributed by atoms with E-state index in [1.807, 2.05) is 5.48 Å². The molecule has 0 amide bonds. The summed E-state index contributed by atoms with van der Waals surface area (Å²) < 4.78 is 0. The lowest BCUT2D eigenvalue weighted by Crippen LogP contribution is -1.89. The first kappa shape index (κ1) is 6.11. The third-order valence-electron chi connectivity index (χ3n) is 1.47. The molecule has 11 heavy (non-hydrogen) atoms. The lowest BCUT2D eigenvalue weighted by atomic mass is 10.3. The maximum absolute atomic E-state index is 8.62. The van der Waals surface area contributed by atoms with E-state index in [1.54, 1.807) is 18.2 Å². The number of fused-ring (bicyclic) bond motifs is 1. The maximum Gasteiger partial charge on any atom is 0.138 e. The monoisotopic (exact) mass is 150 g/mol. The molecule has 1 aromatic heterocycles. The van der Waals surface area contributed by atoms with E-state index in [4.69, 9.17) is 5.21 Å². The fraction of sp³-hybridized carbons (Fsp3) is 0. The van der Waals surface area contributed by atoms with Gasteiger partial charge in [0, 0.05) is 0 Å². The van der Waals surface area contributed by atoms with Gasteiger partial charge in [0.05, 0.1) is 5.69 Å². The van der Waals surface area contributed by atoms with Gasteiger partial charge in [-0.05, 0) is 12.1 Å². The molecule has 0 radical (unpaired) electrons. The van der Waals surface area contributed by atoms with Gasteiger partial charge in [0.2, 0.25) is 0 Å². The number of H-pyrrole nitrogens is 1. The van der Waals surface area contributed by atoms with Gasteiger partial charge in [-0.1, -0.05) is 6.07 Å². The SMILES string of the molecule is ONc1cccc2n[nH]nc12. The largest absolute Gasteiger partial charge is 0.291 e. The zero-order valence-corrected chi connectivity index (χ0v) is 5.57. The van der Waals surface area contributed by atoms with Crippen molar-refractivity contribution in [1.82, 2.24) is 15.4 Å². The molecule has 0 saturated carbocycles. The molecule has 3 N–H and O–H groups in total. The second-order valence-electron chi connectivity index (χ2n) is 2.11. The first-order chi connectivity index (χ1) is 5.42. The highest BCUT2D eigenvalue weighted by Crippen LogP contribution is 2.17.